The number of hydrazine groups is 1. The zero-order chi connectivity index (χ0) is 23.0. The van der Waals surface area contributed by atoms with Crippen LogP contribution in [0.4, 0.5) is 0 Å². The molecule has 0 aliphatic rings. The zero-order valence-corrected chi connectivity index (χ0v) is 18.0. The fourth-order valence-corrected chi connectivity index (χ4v) is 2.66. The highest BCUT2D eigenvalue weighted by Gasteiger charge is 2.20. The zero-order valence-electron chi connectivity index (χ0n) is 17.2. The molecule has 0 unspecified atom stereocenters. The van der Waals surface area contributed by atoms with Crippen LogP contribution in [0.3, 0.4) is 0 Å². The van der Waals surface area contributed by atoms with E-state index in [0.717, 1.165) is 0 Å². The van der Waals surface area contributed by atoms with Crippen LogP contribution in [0.5, 0.6) is 23.0 Å². The van der Waals surface area contributed by atoms with Gasteiger partial charge in [0.1, 0.15) is 17.1 Å². The predicted molar refractivity (Wildman–Crippen MR) is 110 cm³/mol. The highest BCUT2D eigenvalue weighted by Crippen LogP contribution is 2.34. The van der Waals surface area contributed by atoms with E-state index >= 15 is 0 Å². The van der Waals surface area contributed by atoms with Crippen molar-refractivity contribution in [2.45, 2.75) is 0 Å². The molecular weight excluding hydrogens is 432 g/mol. The molecule has 2 aromatic carbocycles. The molecule has 2 rings (SSSR count). The highest BCUT2D eigenvalue weighted by molar-refractivity contribution is 6.31. The number of nitrogens with one attached hydrogen (secondary N) is 2. The molecule has 0 aliphatic carbocycles. The third kappa shape index (κ3) is 5.92. The lowest BCUT2D eigenvalue weighted by molar-refractivity contribution is -0.125. The van der Waals surface area contributed by atoms with Gasteiger partial charge in [-0.1, -0.05) is 11.6 Å². The van der Waals surface area contributed by atoms with Gasteiger partial charge in [0.25, 0.3) is 11.8 Å². The summed E-state index contributed by atoms with van der Waals surface area (Å²) in [6.07, 6.45) is 0. The van der Waals surface area contributed by atoms with Crippen LogP contribution in [0.2, 0.25) is 5.02 Å². The van der Waals surface area contributed by atoms with E-state index in [0.29, 0.717) is 10.8 Å². The Labute approximate surface area is 183 Å². The quantitative estimate of drug-likeness (QED) is 0.460. The normalized spacial score (nSPS) is 9.97. The van der Waals surface area contributed by atoms with Gasteiger partial charge in [-0.25, -0.2) is 4.79 Å². The second-order valence-corrected chi connectivity index (χ2v) is 6.27. The van der Waals surface area contributed by atoms with Gasteiger partial charge in [0, 0.05) is 17.2 Å². The van der Waals surface area contributed by atoms with Crippen molar-refractivity contribution < 1.29 is 38.1 Å². The molecule has 0 aliphatic heterocycles. The summed E-state index contributed by atoms with van der Waals surface area (Å²) in [5, 5.41) is 0.315. The minimum atomic E-state index is -0.837. The lowest BCUT2D eigenvalue weighted by atomic mass is 10.1. The van der Waals surface area contributed by atoms with E-state index in [-0.39, 0.29) is 28.4 Å². The van der Waals surface area contributed by atoms with E-state index in [1.807, 2.05) is 0 Å². The molecule has 0 saturated heterocycles. The summed E-state index contributed by atoms with van der Waals surface area (Å²) in [6, 6.07) is 7.26. The van der Waals surface area contributed by atoms with Crippen molar-refractivity contribution in [1.82, 2.24) is 10.9 Å². The van der Waals surface area contributed by atoms with E-state index in [1.165, 1.54) is 52.7 Å². The van der Waals surface area contributed by atoms with Gasteiger partial charge in [-0.2, -0.15) is 0 Å². The molecule has 10 nitrogen and oxygen atoms in total. The fraction of sp³-hybridized carbons (Fsp3) is 0.250. The molecule has 0 bridgehead atoms. The van der Waals surface area contributed by atoms with Gasteiger partial charge in [0.2, 0.25) is 0 Å². The maximum Gasteiger partial charge on any atom is 0.342 e. The smallest absolute Gasteiger partial charge is 0.342 e. The fourth-order valence-electron chi connectivity index (χ4n) is 2.49. The summed E-state index contributed by atoms with van der Waals surface area (Å²) in [7, 11) is 5.60. The van der Waals surface area contributed by atoms with Gasteiger partial charge in [0.15, 0.2) is 18.1 Å². The van der Waals surface area contributed by atoms with E-state index in [9.17, 15) is 14.4 Å². The Morgan fingerprint density at radius 1 is 0.774 bits per heavy atom. The van der Waals surface area contributed by atoms with Crippen LogP contribution in [0.25, 0.3) is 0 Å². The summed E-state index contributed by atoms with van der Waals surface area (Å²) >= 11 is 5.88. The van der Waals surface area contributed by atoms with Gasteiger partial charge in [-0.3, -0.25) is 20.4 Å². The van der Waals surface area contributed by atoms with Crippen LogP contribution in [-0.4, -0.2) is 52.8 Å². The molecular formula is C20H21ClN2O8. The molecule has 0 aromatic heterocycles. The molecule has 2 amide bonds. The van der Waals surface area contributed by atoms with E-state index in [1.54, 1.807) is 6.07 Å². The molecule has 11 heteroatoms. The number of hydrogen-bond acceptors (Lipinski definition) is 8. The molecule has 2 aromatic rings. The van der Waals surface area contributed by atoms with Crippen LogP contribution in [0.1, 0.15) is 20.7 Å². The lowest BCUT2D eigenvalue weighted by Crippen LogP contribution is -2.43. The summed E-state index contributed by atoms with van der Waals surface area (Å²) in [4.78, 5) is 36.6. The monoisotopic (exact) mass is 452 g/mol. The number of hydrogen-bond donors (Lipinski definition) is 2. The summed E-state index contributed by atoms with van der Waals surface area (Å²) < 4.78 is 25.5. The van der Waals surface area contributed by atoms with Crippen molar-refractivity contribution in [3.05, 3.63) is 46.5 Å². The lowest BCUT2D eigenvalue weighted by Gasteiger charge is -2.14. The molecule has 0 heterocycles. The van der Waals surface area contributed by atoms with Gasteiger partial charge in [-0.15, -0.1) is 0 Å². The molecule has 0 saturated carbocycles. The SMILES string of the molecule is COc1cc(OC)c(C(=O)OCC(=O)NNC(=O)c2cc(Cl)ccc2OC)cc1OC. The number of benzene rings is 2. The third-order valence-electron chi connectivity index (χ3n) is 3.98. The first-order valence-corrected chi connectivity index (χ1v) is 9.12. The van der Waals surface area contributed by atoms with Crippen LogP contribution >= 0.6 is 11.6 Å². The Balaban J connectivity index is 1.98. The average Bonchev–Trinajstić information content (AvgIpc) is 2.79. The molecule has 0 spiro atoms. The van der Waals surface area contributed by atoms with Gasteiger partial charge < -0.3 is 23.7 Å². The van der Waals surface area contributed by atoms with Crippen LogP contribution in [-0.2, 0) is 9.53 Å². The Bertz CT molecular complexity index is 980. The van der Waals surface area contributed by atoms with Crippen LogP contribution in [0, 0.1) is 0 Å². The number of rotatable bonds is 8. The molecule has 31 heavy (non-hydrogen) atoms. The molecule has 0 fully saturated rings. The second-order valence-electron chi connectivity index (χ2n) is 5.83. The average molecular weight is 453 g/mol. The largest absolute Gasteiger partial charge is 0.496 e. The maximum atomic E-state index is 12.4. The molecule has 0 atom stereocenters. The summed E-state index contributed by atoms with van der Waals surface area (Å²) in [5.41, 5.74) is 4.47. The van der Waals surface area contributed by atoms with Crippen LogP contribution in [0.15, 0.2) is 30.3 Å². The number of carbonyl (C=O) groups is 3. The first-order chi connectivity index (χ1) is 14.8. The predicted octanol–water partition coefficient (Wildman–Crippen LogP) is 1.99. The van der Waals surface area contributed by atoms with Gasteiger partial charge in [0.05, 0.1) is 34.0 Å². The second kappa shape index (κ2) is 10.9. The van der Waals surface area contributed by atoms with Crippen molar-refractivity contribution in [2.75, 3.05) is 35.0 Å². The van der Waals surface area contributed by atoms with Gasteiger partial charge in [-0.05, 0) is 18.2 Å². The number of ether oxygens (including phenoxy) is 5. The number of carbonyl (C=O) groups excluding carboxylic acids is 3. The number of amides is 2. The summed E-state index contributed by atoms with van der Waals surface area (Å²) in [5.74, 6) is -1.21. The minimum Gasteiger partial charge on any atom is -0.496 e. The number of esters is 1. The van der Waals surface area contributed by atoms with Gasteiger partial charge >= 0.3 is 5.97 Å². The first kappa shape index (κ1) is 23.6. The Morgan fingerprint density at radius 2 is 1.39 bits per heavy atom. The van der Waals surface area contributed by atoms with Crippen molar-refractivity contribution in [2.24, 2.45) is 0 Å². The van der Waals surface area contributed by atoms with Crippen molar-refractivity contribution in [3.8, 4) is 23.0 Å². The van der Waals surface area contributed by atoms with E-state index in [4.69, 9.17) is 35.3 Å². The van der Waals surface area contributed by atoms with Crippen LogP contribution < -0.4 is 29.8 Å². The van der Waals surface area contributed by atoms with Crippen molar-refractivity contribution in [1.29, 1.82) is 0 Å². The maximum absolute atomic E-state index is 12.4. The third-order valence-corrected chi connectivity index (χ3v) is 4.22. The van der Waals surface area contributed by atoms with E-state index < -0.39 is 24.4 Å². The number of methoxy groups -OCH3 is 4. The number of halogens is 1. The topological polar surface area (TPSA) is 121 Å². The standard InChI is InChI=1S/C20H21ClN2O8/c1-27-14-6-5-11(21)7-12(14)19(25)23-22-18(24)10-31-20(26)13-8-16(29-3)17(30-4)9-15(13)28-2/h5-9H,10H2,1-4H3,(H,22,24)(H,23,25). The first-order valence-electron chi connectivity index (χ1n) is 8.74. The minimum absolute atomic E-state index is 0.0284. The van der Waals surface area contributed by atoms with E-state index in [2.05, 4.69) is 10.9 Å². The summed E-state index contributed by atoms with van der Waals surface area (Å²) in [6.45, 7) is -0.663. The molecule has 166 valence electrons. The van der Waals surface area contributed by atoms with Crippen molar-refractivity contribution in [3.63, 3.8) is 0 Å². The Morgan fingerprint density at radius 3 is 2.00 bits per heavy atom. The Hall–Kier alpha value is -3.66. The van der Waals surface area contributed by atoms with Crippen molar-refractivity contribution >= 4 is 29.4 Å². The molecule has 2 N–H and O–H groups in total. The molecule has 0 radical (unpaired) electrons. The highest BCUT2D eigenvalue weighted by atomic mass is 35.5. The Kier molecular flexibility index (Phi) is 8.33.